The molecular weight excluding hydrogens is 813 g/mol. The molecule has 0 saturated carbocycles. The second kappa shape index (κ2) is 16.7. The number of carbonyl (C=O) groups excluding carboxylic acids is 1. The van der Waals surface area contributed by atoms with Crippen LogP contribution >= 0.6 is 11.8 Å². The molecule has 12 heteroatoms. The Bertz CT molecular complexity index is 2700. The van der Waals surface area contributed by atoms with Gasteiger partial charge >= 0.3 is 6.03 Å². The third-order valence-corrected chi connectivity index (χ3v) is 14.0. The van der Waals surface area contributed by atoms with Crippen LogP contribution < -0.4 is 38.6 Å². The highest BCUT2D eigenvalue weighted by Crippen LogP contribution is 2.53. The van der Waals surface area contributed by atoms with E-state index in [-0.39, 0.29) is 18.1 Å². The number of carbonyl (C=O) groups is 1. The average molecular weight is 863 g/mol. The monoisotopic (exact) mass is 862 g/mol. The number of benzene rings is 6. The second-order valence-corrected chi connectivity index (χ2v) is 17.5. The van der Waals surface area contributed by atoms with Gasteiger partial charge in [-0.3, -0.25) is 14.7 Å². The van der Waals surface area contributed by atoms with Crippen molar-refractivity contribution in [1.29, 1.82) is 0 Å². The zero-order chi connectivity index (χ0) is 43.4. The standard InChI is InChI=1S/C51H50N4O7S/c1-53-21-19-31-25-41(57-3)44-28-35(31)39(53)23-30-15-17-34(18-16-30)61-43-27-33(24-40-48-32(20-22-54(40)2)26-45(59-5)49(60-6)50(48)62-44)36(29-42(43)58-4)52-51(56)55-37-11-7-9-13-46(37)63-47-14-10-8-12-38(47)55/h7-18,25-29,39-40H,19-24H2,1-6H3,(H,52,56)/t39-,40-/m0/s1. The molecule has 0 aromatic heterocycles. The number of nitrogens with one attached hydrogen (secondary N) is 1. The molecular formula is C51H50N4O7S. The van der Waals surface area contributed by atoms with Gasteiger partial charge in [0.1, 0.15) is 5.75 Å². The Morgan fingerprint density at radius 2 is 1.27 bits per heavy atom. The number of ether oxygens (including phenoxy) is 6. The van der Waals surface area contributed by atoms with Crippen LogP contribution in [0.4, 0.5) is 21.9 Å². The minimum atomic E-state index is -0.298. The third-order valence-electron chi connectivity index (χ3n) is 12.9. The normalized spacial score (nSPS) is 17.7. The zero-order valence-corrected chi connectivity index (χ0v) is 37.1. The van der Waals surface area contributed by atoms with Gasteiger partial charge < -0.3 is 33.7 Å². The van der Waals surface area contributed by atoms with Crippen molar-refractivity contribution in [2.75, 3.05) is 65.8 Å². The van der Waals surface area contributed by atoms with Gasteiger partial charge in [0.2, 0.25) is 5.75 Å². The maximum Gasteiger partial charge on any atom is 0.331 e. The van der Waals surface area contributed by atoms with Gasteiger partial charge in [0.25, 0.3) is 0 Å². The molecule has 1 N–H and O–H groups in total. The predicted molar refractivity (Wildman–Crippen MR) is 246 cm³/mol. The van der Waals surface area contributed by atoms with Gasteiger partial charge in [-0.25, -0.2) is 4.79 Å². The summed E-state index contributed by atoms with van der Waals surface area (Å²) in [6, 6.07) is 34.0. The van der Waals surface area contributed by atoms with Crippen molar-refractivity contribution >= 4 is 34.9 Å². The van der Waals surface area contributed by atoms with E-state index in [1.54, 1.807) is 45.1 Å². The molecule has 6 bridgehead atoms. The van der Waals surface area contributed by atoms with Gasteiger partial charge in [-0.1, -0.05) is 48.2 Å². The molecule has 0 unspecified atom stereocenters. The molecule has 0 spiro atoms. The maximum atomic E-state index is 14.9. The minimum Gasteiger partial charge on any atom is -0.493 e. The Morgan fingerprint density at radius 3 is 1.95 bits per heavy atom. The van der Waals surface area contributed by atoms with Crippen LogP contribution in [0.1, 0.15) is 45.5 Å². The van der Waals surface area contributed by atoms with E-state index in [2.05, 4.69) is 59.5 Å². The van der Waals surface area contributed by atoms with Crippen LogP contribution in [0.5, 0.6) is 46.0 Å². The molecule has 11 nitrogen and oxygen atoms in total. The van der Waals surface area contributed by atoms with Gasteiger partial charge in [0.15, 0.2) is 34.5 Å². The summed E-state index contributed by atoms with van der Waals surface area (Å²) in [5.41, 5.74) is 8.72. The van der Waals surface area contributed by atoms with E-state index in [4.69, 9.17) is 28.4 Å². The SMILES string of the molecule is COc1cc(NC(=O)N2c3ccccc3Sc3ccccc32)c2cc1Oc1ccc(cc1)C[C@H]1c3cc(c(OC)cc3CCN1C)Oc1c(OC)c(OC)cc3c1[C@H](C2)N(C)CC3. The van der Waals surface area contributed by atoms with Crippen molar-refractivity contribution in [2.45, 2.75) is 47.6 Å². The fourth-order valence-corrected chi connectivity index (χ4v) is 10.6. The number of para-hydroxylation sites is 2. The lowest BCUT2D eigenvalue weighted by Gasteiger charge is -2.38. The Kier molecular flexibility index (Phi) is 10.8. The van der Waals surface area contributed by atoms with Gasteiger partial charge in [0, 0.05) is 52.3 Å². The van der Waals surface area contributed by atoms with Crippen LogP contribution in [-0.2, 0) is 25.7 Å². The van der Waals surface area contributed by atoms with Crippen molar-refractivity contribution in [3.63, 3.8) is 0 Å². The van der Waals surface area contributed by atoms with E-state index in [1.807, 2.05) is 72.8 Å². The molecule has 2 atom stereocenters. The molecule has 6 aromatic carbocycles. The molecule has 5 aliphatic rings. The summed E-state index contributed by atoms with van der Waals surface area (Å²) >= 11 is 1.65. The fourth-order valence-electron chi connectivity index (χ4n) is 9.55. The van der Waals surface area contributed by atoms with Crippen LogP contribution in [-0.4, -0.2) is 71.5 Å². The second-order valence-electron chi connectivity index (χ2n) is 16.4. The first-order chi connectivity index (χ1) is 30.7. The van der Waals surface area contributed by atoms with Crippen molar-refractivity contribution in [1.82, 2.24) is 9.80 Å². The first kappa shape index (κ1) is 40.7. The van der Waals surface area contributed by atoms with Crippen molar-refractivity contribution < 1.29 is 33.2 Å². The highest BCUT2D eigenvalue weighted by molar-refractivity contribution is 7.99. The van der Waals surface area contributed by atoms with Crippen LogP contribution in [0.25, 0.3) is 0 Å². The molecule has 5 heterocycles. The van der Waals surface area contributed by atoms with Crippen molar-refractivity contribution in [3.05, 3.63) is 137 Å². The molecule has 2 amide bonds. The number of rotatable bonds is 5. The quantitative estimate of drug-likeness (QED) is 0.181. The largest absolute Gasteiger partial charge is 0.493 e. The lowest BCUT2D eigenvalue weighted by Crippen LogP contribution is -2.35. The number of urea groups is 1. The summed E-state index contributed by atoms with van der Waals surface area (Å²) < 4.78 is 38.2. The zero-order valence-electron chi connectivity index (χ0n) is 36.3. The summed E-state index contributed by atoms with van der Waals surface area (Å²) in [6.07, 6.45) is 2.90. The maximum absolute atomic E-state index is 14.9. The van der Waals surface area contributed by atoms with E-state index in [0.717, 1.165) is 70.2 Å². The number of nitrogens with zero attached hydrogens (tertiary/aromatic N) is 3. The van der Waals surface area contributed by atoms with Crippen molar-refractivity contribution in [2.24, 2.45) is 0 Å². The van der Waals surface area contributed by atoms with Crippen LogP contribution in [0.3, 0.4) is 0 Å². The molecule has 322 valence electrons. The fraction of sp³-hybridized carbons (Fsp3) is 0.275. The molecule has 0 saturated heterocycles. The topological polar surface area (TPSA) is 94.2 Å². The highest BCUT2D eigenvalue weighted by Gasteiger charge is 2.36. The number of anilines is 3. The molecule has 0 aliphatic carbocycles. The number of amides is 2. The first-order valence-corrected chi connectivity index (χ1v) is 22.1. The number of methoxy groups -OCH3 is 4. The Balaban J connectivity index is 1.16. The number of hydrogen-bond acceptors (Lipinski definition) is 10. The van der Waals surface area contributed by atoms with Gasteiger partial charge in [-0.2, -0.15) is 0 Å². The van der Waals surface area contributed by atoms with Crippen LogP contribution in [0.15, 0.2) is 113 Å². The van der Waals surface area contributed by atoms with Gasteiger partial charge in [0.05, 0.1) is 39.8 Å². The molecule has 0 radical (unpaired) electrons. The van der Waals surface area contributed by atoms with E-state index in [1.165, 1.54) is 16.7 Å². The third kappa shape index (κ3) is 7.35. The smallest absolute Gasteiger partial charge is 0.331 e. The summed E-state index contributed by atoms with van der Waals surface area (Å²) in [6.45, 7) is 1.69. The molecule has 63 heavy (non-hydrogen) atoms. The first-order valence-electron chi connectivity index (χ1n) is 21.3. The summed E-state index contributed by atoms with van der Waals surface area (Å²) in [7, 11) is 10.9. The van der Waals surface area contributed by atoms with Gasteiger partial charge in [-0.15, -0.1) is 0 Å². The predicted octanol–water partition coefficient (Wildman–Crippen LogP) is 11.0. The van der Waals surface area contributed by atoms with E-state index in [9.17, 15) is 4.79 Å². The average Bonchev–Trinajstić information content (AvgIpc) is 3.30. The minimum absolute atomic E-state index is 0.101. The Labute approximate surface area is 372 Å². The van der Waals surface area contributed by atoms with E-state index >= 15 is 0 Å². The number of likely N-dealkylation sites (N-methyl/N-ethyl adjacent to an activating group) is 2. The molecule has 0 fully saturated rings. The van der Waals surface area contributed by atoms with Gasteiger partial charge in [-0.05, 0) is 128 Å². The Hall–Kier alpha value is -6.34. The summed E-state index contributed by atoms with van der Waals surface area (Å²) in [5.74, 6) is 4.58. The highest BCUT2D eigenvalue weighted by atomic mass is 32.2. The van der Waals surface area contributed by atoms with Crippen LogP contribution in [0, 0.1) is 0 Å². The van der Waals surface area contributed by atoms with E-state index in [0.29, 0.717) is 58.1 Å². The lowest BCUT2D eigenvalue weighted by atomic mass is 9.86. The van der Waals surface area contributed by atoms with Crippen LogP contribution in [0.2, 0.25) is 0 Å². The van der Waals surface area contributed by atoms with Crippen molar-refractivity contribution in [3.8, 4) is 46.0 Å². The summed E-state index contributed by atoms with van der Waals surface area (Å²) in [5, 5.41) is 3.34. The summed E-state index contributed by atoms with van der Waals surface area (Å²) in [4.78, 5) is 23.4. The molecule has 11 rings (SSSR count). The number of fused-ring (bicyclic) bond motifs is 4. The Morgan fingerprint density at radius 1 is 0.651 bits per heavy atom. The lowest BCUT2D eigenvalue weighted by molar-refractivity contribution is 0.220. The molecule has 5 aliphatic heterocycles. The van der Waals surface area contributed by atoms with E-state index < -0.39 is 0 Å². The molecule has 6 aromatic rings. The number of hydrogen-bond donors (Lipinski definition) is 1.